The molecular weight excluding hydrogens is 306 g/mol. The third kappa shape index (κ3) is 2.92. The molecule has 126 valence electrons. The Bertz CT molecular complexity index is 1010. The zero-order valence-corrected chi connectivity index (χ0v) is 14.5. The first-order chi connectivity index (χ1) is 12.3. The summed E-state index contributed by atoms with van der Waals surface area (Å²) < 4.78 is 2.29. The number of hydrogen-bond donors (Lipinski definition) is 1. The topological polar surface area (TPSA) is 43.8 Å². The van der Waals surface area contributed by atoms with E-state index in [1.165, 1.54) is 16.3 Å². The summed E-state index contributed by atoms with van der Waals surface area (Å²) in [6.45, 7) is 2.95. The quantitative estimate of drug-likeness (QED) is 0.557. The molecule has 0 aliphatic rings. The summed E-state index contributed by atoms with van der Waals surface area (Å²) in [5, 5.41) is 2.56. The average Bonchev–Trinajstić information content (AvgIpc) is 3.01. The number of nitrogens with zero attached hydrogens (tertiary/aromatic N) is 2. The highest BCUT2D eigenvalue weighted by Gasteiger charge is 2.17. The van der Waals surface area contributed by atoms with Gasteiger partial charge in [-0.05, 0) is 34.9 Å². The number of nitrogens with two attached hydrogens (primary N) is 1. The maximum atomic E-state index is 6.45. The predicted molar refractivity (Wildman–Crippen MR) is 105 cm³/mol. The Hall–Kier alpha value is -2.65. The Morgan fingerprint density at radius 2 is 1.72 bits per heavy atom. The Balaban J connectivity index is 1.86. The molecule has 0 saturated heterocycles. The van der Waals surface area contributed by atoms with Gasteiger partial charge in [0, 0.05) is 0 Å². The summed E-state index contributed by atoms with van der Waals surface area (Å²) in [7, 11) is 0. The van der Waals surface area contributed by atoms with Crippen molar-refractivity contribution in [2.75, 3.05) is 0 Å². The zero-order valence-electron chi connectivity index (χ0n) is 14.5. The lowest BCUT2D eigenvalue weighted by molar-refractivity contribution is 0.572. The molecule has 3 aromatic carbocycles. The summed E-state index contributed by atoms with van der Waals surface area (Å²) in [6, 6.07) is 23.3. The number of hydrogen-bond acceptors (Lipinski definition) is 2. The molecule has 3 nitrogen and oxygen atoms in total. The second-order valence-electron chi connectivity index (χ2n) is 6.58. The fourth-order valence-corrected chi connectivity index (χ4v) is 3.58. The van der Waals surface area contributed by atoms with E-state index >= 15 is 0 Å². The van der Waals surface area contributed by atoms with Gasteiger partial charge in [-0.1, -0.05) is 67.9 Å². The van der Waals surface area contributed by atoms with Crippen molar-refractivity contribution in [2.45, 2.75) is 32.4 Å². The molecule has 4 aromatic rings. The normalized spacial score (nSPS) is 12.7. The molecule has 1 heterocycles. The highest BCUT2D eigenvalue weighted by molar-refractivity contribution is 5.86. The predicted octanol–water partition coefficient (Wildman–Crippen LogP) is 5.04. The van der Waals surface area contributed by atoms with Crippen molar-refractivity contribution in [1.82, 2.24) is 9.55 Å². The molecule has 2 N–H and O–H groups in total. The van der Waals surface area contributed by atoms with Crippen LogP contribution in [0.25, 0.3) is 21.8 Å². The van der Waals surface area contributed by atoms with Crippen molar-refractivity contribution in [1.29, 1.82) is 0 Å². The number of rotatable bonds is 5. The van der Waals surface area contributed by atoms with E-state index in [9.17, 15) is 0 Å². The highest BCUT2D eigenvalue weighted by Crippen LogP contribution is 2.26. The van der Waals surface area contributed by atoms with E-state index < -0.39 is 0 Å². The molecule has 0 spiro atoms. The van der Waals surface area contributed by atoms with Gasteiger partial charge in [0.05, 0.1) is 23.6 Å². The minimum absolute atomic E-state index is 0.0348. The van der Waals surface area contributed by atoms with Gasteiger partial charge < -0.3 is 10.3 Å². The van der Waals surface area contributed by atoms with Crippen LogP contribution in [0.15, 0.2) is 66.7 Å². The van der Waals surface area contributed by atoms with Crippen LogP contribution in [0.3, 0.4) is 0 Å². The molecule has 0 aliphatic carbocycles. The van der Waals surface area contributed by atoms with E-state index in [0.29, 0.717) is 0 Å². The minimum atomic E-state index is -0.0348. The van der Waals surface area contributed by atoms with Crippen LogP contribution < -0.4 is 5.73 Å². The maximum absolute atomic E-state index is 6.45. The molecule has 0 radical (unpaired) electrons. The fraction of sp³-hybridized carbons (Fsp3) is 0.227. The number of para-hydroxylation sites is 2. The lowest BCUT2D eigenvalue weighted by Crippen LogP contribution is -2.17. The Labute approximate surface area is 148 Å². The van der Waals surface area contributed by atoms with Crippen LogP contribution in [0.2, 0.25) is 0 Å². The van der Waals surface area contributed by atoms with Crippen molar-refractivity contribution in [3.05, 3.63) is 78.1 Å². The lowest BCUT2D eigenvalue weighted by atomic mass is 10.0. The van der Waals surface area contributed by atoms with Crippen molar-refractivity contribution < 1.29 is 0 Å². The van der Waals surface area contributed by atoms with Gasteiger partial charge in [0.25, 0.3) is 0 Å². The first-order valence-electron chi connectivity index (χ1n) is 8.95. The first kappa shape index (κ1) is 15.9. The van der Waals surface area contributed by atoms with Crippen LogP contribution in [0, 0.1) is 0 Å². The summed E-state index contributed by atoms with van der Waals surface area (Å²) in [6.07, 6.45) is 2.00. The summed E-state index contributed by atoms with van der Waals surface area (Å²) in [5.41, 5.74) is 9.92. The van der Waals surface area contributed by atoms with Gasteiger partial charge >= 0.3 is 0 Å². The van der Waals surface area contributed by atoms with Crippen LogP contribution in [0.5, 0.6) is 0 Å². The molecular formula is C22H23N3. The number of imidazole rings is 1. The van der Waals surface area contributed by atoms with Crippen molar-refractivity contribution in [3.8, 4) is 0 Å². The van der Waals surface area contributed by atoms with Crippen LogP contribution in [-0.4, -0.2) is 9.55 Å². The van der Waals surface area contributed by atoms with Crippen molar-refractivity contribution in [2.24, 2.45) is 5.73 Å². The maximum Gasteiger partial charge on any atom is 0.127 e. The van der Waals surface area contributed by atoms with E-state index in [2.05, 4.69) is 72.2 Å². The average molecular weight is 329 g/mol. The highest BCUT2D eigenvalue weighted by atomic mass is 15.1. The summed E-state index contributed by atoms with van der Waals surface area (Å²) in [4.78, 5) is 4.85. The minimum Gasteiger partial charge on any atom is -0.322 e. The standard InChI is InChI=1S/C22H23N3/c1-2-8-19(23)22-24-20-13-5-6-14-21(20)25(22)15-17-11-7-10-16-9-3-4-12-18(16)17/h3-7,9-14,19H,2,8,15,23H2,1H3. The van der Waals surface area contributed by atoms with Crippen LogP contribution in [0.4, 0.5) is 0 Å². The van der Waals surface area contributed by atoms with Crippen LogP contribution in [-0.2, 0) is 6.54 Å². The van der Waals surface area contributed by atoms with Gasteiger partial charge in [0.2, 0.25) is 0 Å². The zero-order chi connectivity index (χ0) is 17.2. The van der Waals surface area contributed by atoms with Crippen molar-refractivity contribution in [3.63, 3.8) is 0 Å². The van der Waals surface area contributed by atoms with Gasteiger partial charge in [-0.15, -0.1) is 0 Å². The molecule has 0 bridgehead atoms. The SMILES string of the molecule is CCCC(N)c1nc2ccccc2n1Cc1cccc2ccccc12. The molecule has 4 rings (SSSR count). The molecule has 1 aromatic heterocycles. The molecule has 0 fully saturated rings. The van der Waals surface area contributed by atoms with Crippen molar-refractivity contribution >= 4 is 21.8 Å². The van der Waals surface area contributed by atoms with E-state index in [1.807, 2.05) is 6.07 Å². The summed E-state index contributed by atoms with van der Waals surface area (Å²) in [5.74, 6) is 0.982. The van der Waals surface area contributed by atoms with Gasteiger partial charge in [-0.3, -0.25) is 0 Å². The van der Waals surface area contributed by atoms with E-state index in [-0.39, 0.29) is 6.04 Å². The van der Waals surface area contributed by atoms with Gasteiger partial charge in [-0.25, -0.2) is 4.98 Å². The molecule has 1 unspecified atom stereocenters. The monoisotopic (exact) mass is 329 g/mol. The third-order valence-corrected chi connectivity index (χ3v) is 4.82. The van der Waals surface area contributed by atoms with Gasteiger partial charge in [0.15, 0.2) is 0 Å². The van der Waals surface area contributed by atoms with Crippen LogP contribution >= 0.6 is 0 Å². The molecule has 3 heteroatoms. The fourth-order valence-electron chi connectivity index (χ4n) is 3.58. The number of fused-ring (bicyclic) bond motifs is 2. The Morgan fingerprint density at radius 3 is 2.60 bits per heavy atom. The third-order valence-electron chi connectivity index (χ3n) is 4.82. The molecule has 0 saturated carbocycles. The van der Waals surface area contributed by atoms with E-state index in [0.717, 1.165) is 36.2 Å². The van der Waals surface area contributed by atoms with E-state index in [4.69, 9.17) is 10.7 Å². The summed E-state index contributed by atoms with van der Waals surface area (Å²) >= 11 is 0. The molecule has 0 amide bonds. The number of benzene rings is 3. The number of aromatic nitrogens is 2. The Morgan fingerprint density at radius 1 is 0.960 bits per heavy atom. The lowest BCUT2D eigenvalue weighted by Gasteiger charge is -2.15. The van der Waals surface area contributed by atoms with Gasteiger partial charge in [0.1, 0.15) is 5.82 Å². The molecule has 1 atom stereocenters. The first-order valence-corrected chi connectivity index (χ1v) is 8.95. The van der Waals surface area contributed by atoms with Gasteiger partial charge in [-0.2, -0.15) is 0 Å². The van der Waals surface area contributed by atoms with E-state index in [1.54, 1.807) is 0 Å². The molecule has 0 aliphatic heterocycles. The smallest absolute Gasteiger partial charge is 0.127 e. The largest absolute Gasteiger partial charge is 0.322 e. The molecule has 25 heavy (non-hydrogen) atoms. The second kappa shape index (κ2) is 6.69. The van der Waals surface area contributed by atoms with Crippen LogP contribution in [0.1, 0.15) is 37.2 Å². The Kier molecular flexibility index (Phi) is 4.24. The second-order valence-corrected chi connectivity index (χ2v) is 6.58.